The van der Waals surface area contributed by atoms with E-state index < -0.39 is 0 Å². The highest BCUT2D eigenvalue weighted by atomic mass is 32.2. The summed E-state index contributed by atoms with van der Waals surface area (Å²) in [6, 6.07) is 10.6. The molecule has 0 spiro atoms. The molecule has 19 heavy (non-hydrogen) atoms. The average molecular weight is 274 g/mol. The van der Waals surface area contributed by atoms with Crippen molar-refractivity contribution in [2.75, 3.05) is 20.2 Å². The smallest absolute Gasteiger partial charge is 0.251 e. The van der Waals surface area contributed by atoms with Crippen molar-refractivity contribution in [3.63, 3.8) is 0 Å². The van der Waals surface area contributed by atoms with E-state index >= 15 is 0 Å². The zero-order chi connectivity index (χ0) is 13.1. The van der Waals surface area contributed by atoms with Crippen LogP contribution in [0, 0.1) is 0 Å². The molecule has 2 aliphatic heterocycles. The van der Waals surface area contributed by atoms with Crippen LogP contribution >= 0.6 is 11.8 Å². The Balaban J connectivity index is 1.66. The number of fused-ring (bicyclic) bond motifs is 1. The maximum atomic E-state index is 5.22. The van der Waals surface area contributed by atoms with Gasteiger partial charge in [-0.1, -0.05) is 42.1 Å². The van der Waals surface area contributed by atoms with E-state index in [9.17, 15) is 0 Å². The molecule has 0 fully saturated rings. The first-order valence-corrected chi connectivity index (χ1v) is 7.49. The number of hydrogen-bond acceptors (Lipinski definition) is 4. The highest BCUT2D eigenvalue weighted by Gasteiger charge is 2.28. The fourth-order valence-electron chi connectivity index (χ4n) is 2.46. The first-order chi connectivity index (χ1) is 9.35. The Kier molecular flexibility index (Phi) is 3.89. The number of aliphatic imine (C=N–C) groups is 1. The van der Waals surface area contributed by atoms with Gasteiger partial charge in [-0.25, -0.2) is 4.99 Å². The first-order valence-electron chi connectivity index (χ1n) is 6.61. The normalized spacial score (nSPS) is 23.3. The molecule has 2 aliphatic rings. The fraction of sp³-hybridized carbons (Fsp3) is 0.400. The third kappa shape index (κ3) is 3.01. The van der Waals surface area contributed by atoms with E-state index in [1.165, 1.54) is 11.3 Å². The summed E-state index contributed by atoms with van der Waals surface area (Å²) in [7, 11) is 1.69. The predicted molar refractivity (Wildman–Crippen MR) is 80.2 cm³/mol. The second-order valence-corrected chi connectivity index (χ2v) is 5.98. The van der Waals surface area contributed by atoms with Crippen molar-refractivity contribution in [3.05, 3.63) is 47.7 Å². The Bertz CT molecular complexity index is 498. The summed E-state index contributed by atoms with van der Waals surface area (Å²) in [6.07, 6.45) is 3.39. The lowest BCUT2D eigenvalue weighted by Gasteiger charge is -2.19. The van der Waals surface area contributed by atoms with E-state index in [4.69, 9.17) is 4.74 Å². The van der Waals surface area contributed by atoms with Crippen molar-refractivity contribution < 1.29 is 4.74 Å². The molecule has 0 N–H and O–H groups in total. The summed E-state index contributed by atoms with van der Waals surface area (Å²) in [4.78, 5) is 7.00. The first kappa shape index (κ1) is 12.8. The molecule has 2 heterocycles. The lowest BCUT2D eigenvalue weighted by atomic mass is 10.2. The Hall–Kier alpha value is -1.26. The predicted octanol–water partition coefficient (Wildman–Crippen LogP) is 2.89. The highest BCUT2D eigenvalue weighted by molar-refractivity contribution is 8.14. The molecule has 3 nitrogen and oxygen atoms in total. The number of hydrogen-bond donors (Lipinski definition) is 0. The van der Waals surface area contributed by atoms with Crippen LogP contribution in [0.15, 0.2) is 47.1 Å². The van der Waals surface area contributed by atoms with E-state index in [2.05, 4.69) is 46.3 Å². The number of rotatable bonds is 2. The Morgan fingerprint density at radius 1 is 1.37 bits per heavy atom. The minimum Gasteiger partial charge on any atom is -0.476 e. The van der Waals surface area contributed by atoms with Gasteiger partial charge in [-0.15, -0.1) is 0 Å². The maximum Gasteiger partial charge on any atom is 0.251 e. The van der Waals surface area contributed by atoms with Gasteiger partial charge >= 0.3 is 0 Å². The molecule has 0 radical (unpaired) electrons. The van der Waals surface area contributed by atoms with Crippen LogP contribution in [0.1, 0.15) is 12.0 Å². The summed E-state index contributed by atoms with van der Waals surface area (Å²) in [5.74, 6) is 0. The fourth-order valence-corrected chi connectivity index (χ4v) is 3.45. The van der Waals surface area contributed by atoms with Crippen molar-refractivity contribution in [2.24, 2.45) is 4.99 Å². The van der Waals surface area contributed by atoms with Crippen LogP contribution < -0.4 is 0 Å². The van der Waals surface area contributed by atoms with E-state index in [0.29, 0.717) is 5.25 Å². The van der Waals surface area contributed by atoms with E-state index in [1.54, 1.807) is 18.9 Å². The number of ether oxygens (including phenoxy) is 1. The van der Waals surface area contributed by atoms with Crippen LogP contribution in [0.2, 0.25) is 0 Å². The van der Waals surface area contributed by atoms with Gasteiger partial charge < -0.3 is 4.74 Å². The Morgan fingerprint density at radius 3 is 3.00 bits per heavy atom. The van der Waals surface area contributed by atoms with Gasteiger partial charge in [0.25, 0.3) is 5.23 Å². The minimum absolute atomic E-state index is 0.482. The SMILES string of the molecule is COC1=NC2=CCN(Cc3ccccc3)CCC2S1. The summed E-state index contributed by atoms with van der Waals surface area (Å²) in [5, 5.41) is 1.29. The number of nitrogens with zero attached hydrogens (tertiary/aromatic N) is 2. The zero-order valence-electron chi connectivity index (χ0n) is 11.1. The molecular weight excluding hydrogens is 256 g/mol. The molecule has 3 rings (SSSR count). The standard InChI is InChI=1S/C15H18N2OS/c1-18-15-16-13-7-9-17(10-8-14(13)19-15)11-12-5-3-2-4-6-12/h2-7,14H,8-11H2,1H3. The molecule has 0 saturated carbocycles. The van der Waals surface area contributed by atoms with E-state index in [0.717, 1.165) is 31.3 Å². The van der Waals surface area contributed by atoms with Gasteiger partial charge in [-0.05, 0) is 18.1 Å². The largest absolute Gasteiger partial charge is 0.476 e. The summed E-state index contributed by atoms with van der Waals surface area (Å²) in [6.45, 7) is 3.10. The molecule has 100 valence electrons. The molecule has 0 bridgehead atoms. The summed E-state index contributed by atoms with van der Waals surface area (Å²) >= 11 is 1.75. The van der Waals surface area contributed by atoms with Gasteiger partial charge in [0.05, 0.1) is 18.1 Å². The van der Waals surface area contributed by atoms with Crippen LogP contribution in [0.5, 0.6) is 0 Å². The molecule has 0 saturated heterocycles. The third-order valence-corrected chi connectivity index (χ3v) is 4.70. The molecule has 0 amide bonds. The minimum atomic E-state index is 0.482. The third-order valence-electron chi connectivity index (χ3n) is 3.48. The molecular formula is C15H18N2OS. The maximum absolute atomic E-state index is 5.22. The zero-order valence-corrected chi connectivity index (χ0v) is 11.9. The highest BCUT2D eigenvalue weighted by Crippen LogP contribution is 2.34. The van der Waals surface area contributed by atoms with Crippen LogP contribution in [0.25, 0.3) is 0 Å². The summed E-state index contributed by atoms with van der Waals surface area (Å²) < 4.78 is 5.22. The van der Waals surface area contributed by atoms with Crippen molar-refractivity contribution in [2.45, 2.75) is 18.2 Å². The monoisotopic (exact) mass is 274 g/mol. The number of benzene rings is 1. The van der Waals surface area contributed by atoms with Gasteiger partial charge in [0.15, 0.2) is 0 Å². The van der Waals surface area contributed by atoms with E-state index in [-0.39, 0.29) is 0 Å². The second-order valence-electron chi connectivity index (χ2n) is 4.83. The van der Waals surface area contributed by atoms with Gasteiger partial charge in [-0.2, -0.15) is 0 Å². The molecule has 0 aliphatic carbocycles. The quantitative estimate of drug-likeness (QED) is 0.829. The van der Waals surface area contributed by atoms with Crippen LogP contribution in [0.4, 0.5) is 0 Å². The van der Waals surface area contributed by atoms with Gasteiger partial charge in [0.2, 0.25) is 0 Å². The van der Waals surface area contributed by atoms with E-state index in [1.807, 2.05) is 0 Å². The van der Waals surface area contributed by atoms with Crippen LogP contribution in [-0.4, -0.2) is 35.6 Å². The molecule has 1 aromatic carbocycles. The van der Waals surface area contributed by atoms with Crippen molar-refractivity contribution in [1.82, 2.24) is 4.90 Å². The number of thioether (sulfide) groups is 1. The molecule has 1 unspecified atom stereocenters. The molecule has 1 atom stereocenters. The van der Waals surface area contributed by atoms with Gasteiger partial charge in [0.1, 0.15) is 0 Å². The molecule has 1 aromatic rings. The van der Waals surface area contributed by atoms with Crippen LogP contribution in [-0.2, 0) is 11.3 Å². The van der Waals surface area contributed by atoms with Crippen molar-refractivity contribution >= 4 is 17.0 Å². The molecule has 0 aromatic heterocycles. The topological polar surface area (TPSA) is 24.8 Å². The van der Waals surface area contributed by atoms with Crippen molar-refractivity contribution in [1.29, 1.82) is 0 Å². The number of methoxy groups -OCH3 is 1. The molecule has 4 heteroatoms. The van der Waals surface area contributed by atoms with Crippen molar-refractivity contribution in [3.8, 4) is 0 Å². The Morgan fingerprint density at radius 2 is 2.21 bits per heavy atom. The lowest BCUT2D eigenvalue weighted by molar-refractivity contribution is 0.297. The summed E-state index contributed by atoms with van der Waals surface area (Å²) in [5.41, 5.74) is 2.57. The van der Waals surface area contributed by atoms with Gasteiger partial charge in [-0.3, -0.25) is 4.90 Å². The second kappa shape index (κ2) is 5.80. The Labute approximate surface area is 118 Å². The van der Waals surface area contributed by atoms with Gasteiger partial charge in [0, 0.05) is 19.6 Å². The van der Waals surface area contributed by atoms with Crippen LogP contribution in [0.3, 0.4) is 0 Å². The average Bonchev–Trinajstić information content (AvgIpc) is 2.77. The lowest BCUT2D eigenvalue weighted by Crippen LogP contribution is -2.24.